The van der Waals surface area contributed by atoms with Crippen LogP contribution in [0.1, 0.15) is 29.9 Å². The van der Waals surface area contributed by atoms with E-state index in [1.165, 1.54) is 6.92 Å². The number of thiocarbonyl (C=S) groups is 1. The highest BCUT2D eigenvalue weighted by Crippen LogP contribution is 2.14. The van der Waals surface area contributed by atoms with Crippen molar-refractivity contribution in [2.45, 2.75) is 13.8 Å². The van der Waals surface area contributed by atoms with Crippen molar-refractivity contribution in [3.05, 3.63) is 60.1 Å². The van der Waals surface area contributed by atoms with Gasteiger partial charge in [0.15, 0.2) is 5.78 Å². The van der Waals surface area contributed by atoms with Crippen LogP contribution in [0.3, 0.4) is 0 Å². The van der Waals surface area contributed by atoms with Crippen LogP contribution in [0, 0.1) is 0 Å². The number of carbonyl (C=O) groups excluding carboxylic acids is 1. The number of allylic oxidation sites excluding steroid dienone is 1. The van der Waals surface area contributed by atoms with Gasteiger partial charge in [-0.05, 0) is 50.4 Å². The second-order valence-electron chi connectivity index (χ2n) is 4.50. The Morgan fingerprint density at radius 1 is 1.23 bits per heavy atom. The fourth-order valence-electron chi connectivity index (χ4n) is 1.70. The van der Waals surface area contributed by atoms with Crippen molar-refractivity contribution in [1.82, 2.24) is 15.3 Å². The maximum atomic E-state index is 11.2. The first kappa shape index (κ1) is 15.8. The molecule has 0 aliphatic rings. The highest BCUT2D eigenvalue weighted by molar-refractivity contribution is 7.80. The van der Waals surface area contributed by atoms with Gasteiger partial charge in [0.25, 0.3) is 0 Å². The molecule has 0 atom stereocenters. The van der Waals surface area contributed by atoms with Gasteiger partial charge in [-0.1, -0.05) is 18.3 Å². The van der Waals surface area contributed by atoms with E-state index in [0.29, 0.717) is 22.2 Å². The number of Topliss-reactive ketones (excluding diaryl/α,β-unsaturated/α-hetero) is 1. The molecule has 2 N–H and O–H groups in total. The maximum Gasteiger partial charge on any atom is 0.227 e. The van der Waals surface area contributed by atoms with Crippen LogP contribution in [0.2, 0.25) is 0 Å². The third-order valence-corrected chi connectivity index (χ3v) is 3.14. The van der Waals surface area contributed by atoms with Crippen molar-refractivity contribution >= 4 is 34.6 Å². The van der Waals surface area contributed by atoms with Gasteiger partial charge in [-0.15, -0.1) is 0 Å². The smallest absolute Gasteiger partial charge is 0.227 e. The van der Waals surface area contributed by atoms with Gasteiger partial charge in [-0.25, -0.2) is 9.97 Å². The molecule has 0 radical (unpaired) electrons. The van der Waals surface area contributed by atoms with E-state index >= 15 is 0 Å². The predicted octanol–water partition coefficient (Wildman–Crippen LogP) is 3.22. The minimum Gasteiger partial charge on any atom is -0.351 e. The molecule has 2 rings (SSSR count). The van der Waals surface area contributed by atoms with E-state index in [1.807, 2.05) is 25.1 Å². The molecule has 1 aromatic heterocycles. The third kappa shape index (κ3) is 4.20. The normalized spacial score (nSPS) is 10.5. The molecule has 0 aliphatic carbocycles. The van der Waals surface area contributed by atoms with Gasteiger partial charge in [-0.2, -0.15) is 0 Å². The first-order chi connectivity index (χ1) is 10.6. The van der Waals surface area contributed by atoms with E-state index in [4.69, 9.17) is 12.2 Å². The Hall–Kier alpha value is -2.60. The fraction of sp³-hybridized carbons (Fsp3) is 0.125. The highest BCUT2D eigenvalue weighted by Gasteiger charge is 2.05. The number of ketones is 1. The number of nitrogens with zero attached hydrogens (tertiary/aromatic N) is 2. The van der Waals surface area contributed by atoms with Crippen molar-refractivity contribution in [2.24, 2.45) is 0 Å². The molecule has 5 nitrogen and oxygen atoms in total. The number of hydrogen-bond acceptors (Lipinski definition) is 5. The van der Waals surface area contributed by atoms with Gasteiger partial charge >= 0.3 is 0 Å². The van der Waals surface area contributed by atoms with Gasteiger partial charge in [0.1, 0.15) is 10.7 Å². The molecule has 6 heteroatoms. The standard InChI is InChI=1S/C16H16N4OS/c1-3-9-17-15(22)14-8-10-18-16(20-14)19-13-6-4-12(5-7-13)11(2)21/h3-10H,1-2H3,(H,17,22)(H,18,19,20)/b9-3+. The minimum atomic E-state index is 0.0326. The quantitative estimate of drug-likeness (QED) is 0.653. The fourth-order valence-corrected chi connectivity index (χ4v) is 1.88. The molecule has 112 valence electrons. The van der Waals surface area contributed by atoms with E-state index in [1.54, 1.807) is 30.6 Å². The topological polar surface area (TPSA) is 66.9 Å². The average Bonchev–Trinajstić information content (AvgIpc) is 2.53. The lowest BCUT2D eigenvalue weighted by atomic mass is 10.1. The van der Waals surface area contributed by atoms with E-state index in [-0.39, 0.29) is 5.78 Å². The second kappa shape index (κ2) is 7.42. The lowest BCUT2D eigenvalue weighted by Gasteiger charge is -2.07. The summed E-state index contributed by atoms with van der Waals surface area (Å²) >= 11 is 5.24. The summed E-state index contributed by atoms with van der Waals surface area (Å²) in [5.74, 6) is 0.475. The van der Waals surface area contributed by atoms with Crippen LogP contribution in [-0.4, -0.2) is 20.7 Å². The molecule has 0 saturated carbocycles. The van der Waals surface area contributed by atoms with E-state index < -0.39 is 0 Å². The zero-order valence-electron chi connectivity index (χ0n) is 12.3. The minimum absolute atomic E-state index is 0.0326. The first-order valence-electron chi connectivity index (χ1n) is 6.73. The second-order valence-corrected chi connectivity index (χ2v) is 4.91. The van der Waals surface area contributed by atoms with E-state index in [9.17, 15) is 4.79 Å². The Balaban J connectivity index is 2.13. The predicted molar refractivity (Wildman–Crippen MR) is 91.4 cm³/mol. The van der Waals surface area contributed by atoms with Crippen molar-refractivity contribution in [2.75, 3.05) is 5.32 Å². The van der Waals surface area contributed by atoms with Crippen LogP contribution >= 0.6 is 12.2 Å². The molecule has 0 unspecified atom stereocenters. The summed E-state index contributed by atoms with van der Waals surface area (Å²) in [5.41, 5.74) is 2.09. The molecule has 2 aromatic rings. The van der Waals surface area contributed by atoms with Crippen molar-refractivity contribution in [3.63, 3.8) is 0 Å². The summed E-state index contributed by atoms with van der Waals surface area (Å²) < 4.78 is 0. The Kier molecular flexibility index (Phi) is 5.32. The summed E-state index contributed by atoms with van der Waals surface area (Å²) in [6, 6.07) is 8.87. The van der Waals surface area contributed by atoms with E-state index in [0.717, 1.165) is 5.69 Å². The molecule has 0 aliphatic heterocycles. The summed E-state index contributed by atoms with van der Waals surface area (Å²) in [6.07, 6.45) is 5.24. The van der Waals surface area contributed by atoms with Crippen LogP contribution in [0.4, 0.5) is 11.6 Å². The van der Waals surface area contributed by atoms with Crippen LogP contribution in [0.5, 0.6) is 0 Å². The zero-order chi connectivity index (χ0) is 15.9. The average molecular weight is 312 g/mol. The van der Waals surface area contributed by atoms with Gasteiger partial charge in [0, 0.05) is 17.4 Å². The molecule has 0 fully saturated rings. The van der Waals surface area contributed by atoms with Gasteiger partial charge < -0.3 is 10.6 Å². The summed E-state index contributed by atoms with van der Waals surface area (Å²) in [5, 5.41) is 6.04. The van der Waals surface area contributed by atoms with Gasteiger partial charge in [-0.3, -0.25) is 4.79 Å². The number of anilines is 2. The number of carbonyl (C=O) groups is 1. The van der Waals surface area contributed by atoms with E-state index in [2.05, 4.69) is 20.6 Å². The Bertz CT molecular complexity index is 710. The summed E-state index contributed by atoms with van der Waals surface area (Å²) in [6.45, 7) is 3.43. The Labute approximate surface area is 134 Å². The zero-order valence-corrected chi connectivity index (χ0v) is 13.1. The lowest BCUT2D eigenvalue weighted by molar-refractivity contribution is 0.101. The van der Waals surface area contributed by atoms with Crippen molar-refractivity contribution < 1.29 is 4.79 Å². The number of nitrogens with one attached hydrogen (secondary N) is 2. The number of rotatable bonds is 5. The first-order valence-corrected chi connectivity index (χ1v) is 7.14. The molecular weight excluding hydrogens is 296 g/mol. The molecule has 0 saturated heterocycles. The van der Waals surface area contributed by atoms with Crippen molar-refractivity contribution in [3.8, 4) is 0 Å². The molecule has 22 heavy (non-hydrogen) atoms. The monoisotopic (exact) mass is 312 g/mol. The molecule has 0 amide bonds. The number of aromatic nitrogens is 2. The van der Waals surface area contributed by atoms with Crippen LogP contribution in [0.25, 0.3) is 0 Å². The van der Waals surface area contributed by atoms with Crippen LogP contribution in [-0.2, 0) is 0 Å². The molecule has 1 heterocycles. The summed E-state index contributed by atoms with van der Waals surface area (Å²) in [4.78, 5) is 20.3. The number of benzene rings is 1. The number of hydrogen-bond donors (Lipinski definition) is 2. The van der Waals surface area contributed by atoms with Crippen molar-refractivity contribution in [1.29, 1.82) is 0 Å². The lowest BCUT2D eigenvalue weighted by Crippen LogP contribution is -2.17. The Morgan fingerprint density at radius 3 is 2.59 bits per heavy atom. The largest absolute Gasteiger partial charge is 0.351 e. The van der Waals surface area contributed by atoms with Gasteiger partial charge in [0.05, 0.1) is 0 Å². The highest BCUT2D eigenvalue weighted by atomic mass is 32.1. The molecule has 0 bridgehead atoms. The van der Waals surface area contributed by atoms with Crippen LogP contribution < -0.4 is 10.6 Å². The van der Waals surface area contributed by atoms with Crippen LogP contribution in [0.15, 0.2) is 48.8 Å². The summed E-state index contributed by atoms with van der Waals surface area (Å²) in [7, 11) is 0. The molecule has 1 aromatic carbocycles. The Morgan fingerprint density at radius 2 is 1.95 bits per heavy atom. The maximum absolute atomic E-state index is 11.2. The third-order valence-electron chi connectivity index (χ3n) is 2.82. The molecular formula is C16H16N4OS. The van der Waals surface area contributed by atoms with Gasteiger partial charge in [0.2, 0.25) is 5.95 Å². The molecule has 0 spiro atoms. The SMILES string of the molecule is C/C=C/NC(=S)c1ccnc(Nc2ccc(C(C)=O)cc2)n1.